The van der Waals surface area contributed by atoms with Gasteiger partial charge in [0.1, 0.15) is 5.82 Å². The van der Waals surface area contributed by atoms with Crippen LogP contribution in [0, 0.1) is 0 Å². The molecule has 0 aliphatic carbocycles. The summed E-state index contributed by atoms with van der Waals surface area (Å²) in [4.78, 5) is 8.68. The van der Waals surface area contributed by atoms with Crippen molar-refractivity contribution >= 4 is 5.65 Å². The van der Waals surface area contributed by atoms with E-state index in [1.54, 1.807) is 6.20 Å². The van der Waals surface area contributed by atoms with E-state index >= 15 is 0 Å². The summed E-state index contributed by atoms with van der Waals surface area (Å²) < 4.78 is 2.07. The largest absolute Gasteiger partial charge is 0.314 e. The van der Waals surface area contributed by atoms with Crippen molar-refractivity contribution in [2.24, 2.45) is 0 Å². The summed E-state index contributed by atoms with van der Waals surface area (Å²) in [7, 11) is 0. The van der Waals surface area contributed by atoms with Gasteiger partial charge in [-0.05, 0) is 25.5 Å². The second-order valence-electron chi connectivity index (χ2n) is 4.02. The lowest BCUT2D eigenvalue weighted by atomic mass is 10.1. The van der Waals surface area contributed by atoms with Crippen molar-refractivity contribution < 1.29 is 0 Å². The summed E-state index contributed by atoms with van der Waals surface area (Å²) >= 11 is 0. The molecule has 1 fully saturated rings. The molecular formula is C11H14N4. The first-order valence-electron chi connectivity index (χ1n) is 5.44. The minimum atomic E-state index is 0.593. The molecule has 0 radical (unpaired) electrons. The maximum Gasteiger partial charge on any atom is 0.156 e. The Bertz CT molecular complexity index is 456. The molecular weight excluding hydrogens is 188 g/mol. The van der Waals surface area contributed by atoms with Crippen LogP contribution in [0.25, 0.3) is 5.65 Å². The fourth-order valence-electron chi connectivity index (χ4n) is 2.19. The van der Waals surface area contributed by atoms with Crippen LogP contribution in [-0.4, -0.2) is 27.0 Å². The van der Waals surface area contributed by atoms with Crippen molar-refractivity contribution in [2.75, 3.05) is 6.54 Å². The second kappa shape index (κ2) is 3.62. The topological polar surface area (TPSA) is 42.2 Å². The molecule has 78 valence electrons. The van der Waals surface area contributed by atoms with Gasteiger partial charge in [-0.3, -0.25) is 4.40 Å². The van der Waals surface area contributed by atoms with E-state index in [0.717, 1.165) is 24.4 Å². The van der Waals surface area contributed by atoms with E-state index in [1.165, 1.54) is 12.8 Å². The lowest BCUT2D eigenvalue weighted by Crippen LogP contribution is -2.24. The van der Waals surface area contributed by atoms with Crippen LogP contribution in [0.15, 0.2) is 24.7 Å². The zero-order chi connectivity index (χ0) is 10.1. The minimum absolute atomic E-state index is 0.593. The Kier molecular flexibility index (Phi) is 2.14. The molecule has 0 saturated carbocycles. The fourth-order valence-corrected chi connectivity index (χ4v) is 2.19. The number of fused-ring (bicyclic) bond motifs is 1. The van der Waals surface area contributed by atoms with Crippen molar-refractivity contribution in [1.82, 2.24) is 19.7 Å². The summed E-state index contributed by atoms with van der Waals surface area (Å²) in [6.07, 6.45) is 9.21. The number of hydrogen-bond donors (Lipinski definition) is 1. The van der Waals surface area contributed by atoms with Crippen molar-refractivity contribution in [3.8, 4) is 0 Å². The molecule has 4 nitrogen and oxygen atoms in total. The lowest BCUT2D eigenvalue weighted by Gasteiger charge is -2.08. The molecule has 0 amide bonds. The summed E-state index contributed by atoms with van der Waals surface area (Å²) in [5, 5.41) is 3.49. The lowest BCUT2D eigenvalue weighted by molar-refractivity contribution is 0.584. The van der Waals surface area contributed by atoms with E-state index in [4.69, 9.17) is 0 Å². The van der Waals surface area contributed by atoms with Crippen LogP contribution in [0.4, 0.5) is 0 Å². The zero-order valence-electron chi connectivity index (χ0n) is 8.56. The molecule has 2 aromatic rings. The monoisotopic (exact) mass is 202 g/mol. The molecule has 1 aliphatic rings. The molecule has 1 unspecified atom stereocenters. The van der Waals surface area contributed by atoms with Crippen LogP contribution in [0.1, 0.15) is 18.7 Å². The van der Waals surface area contributed by atoms with E-state index in [1.807, 2.05) is 18.5 Å². The van der Waals surface area contributed by atoms with Crippen LogP contribution in [0.5, 0.6) is 0 Å². The van der Waals surface area contributed by atoms with Gasteiger partial charge in [0, 0.05) is 24.9 Å². The average Bonchev–Trinajstić information content (AvgIpc) is 2.89. The predicted octanol–water partition coefficient (Wildman–Crippen LogP) is 1.02. The van der Waals surface area contributed by atoms with E-state index in [0.29, 0.717) is 6.04 Å². The Morgan fingerprint density at radius 2 is 2.47 bits per heavy atom. The average molecular weight is 202 g/mol. The summed E-state index contributed by atoms with van der Waals surface area (Å²) in [5.41, 5.74) is 0.936. The normalized spacial score (nSPS) is 21.2. The van der Waals surface area contributed by atoms with Gasteiger partial charge in [-0.15, -0.1) is 0 Å². The Morgan fingerprint density at radius 3 is 3.33 bits per heavy atom. The number of hydrogen-bond acceptors (Lipinski definition) is 3. The van der Waals surface area contributed by atoms with Gasteiger partial charge in [0.2, 0.25) is 0 Å². The van der Waals surface area contributed by atoms with Crippen LogP contribution in [-0.2, 0) is 6.42 Å². The number of nitrogens with one attached hydrogen (secondary N) is 1. The Balaban J connectivity index is 1.90. The van der Waals surface area contributed by atoms with E-state index in [2.05, 4.69) is 19.7 Å². The molecule has 0 spiro atoms. The van der Waals surface area contributed by atoms with Gasteiger partial charge in [-0.25, -0.2) is 9.97 Å². The fraction of sp³-hybridized carbons (Fsp3) is 0.455. The molecule has 1 aliphatic heterocycles. The number of nitrogens with zero attached hydrogens (tertiary/aromatic N) is 3. The molecule has 1 saturated heterocycles. The molecule has 4 heteroatoms. The van der Waals surface area contributed by atoms with Crippen LogP contribution in [0.3, 0.4) is 0 Å². The minimum Gasteiger partial charge on any atom is -0.314 e. The Labute approximate surface area is 88.4 Å². The van der Waals surface area contributed by atoms with Gasteiger partial charge in [0.05, 0.1) is 6.20 Å². The standard InChI is InChI=1S/C11H14N4/c1-3-9(12-4-1)7-10-14-8-11-13-5-2-6-15(10)11/h2,5-6,8-9,12H,1,3-4,7H2. The molecule has 0 bridgehead atoms. The highest BCUT2D eigenvalue weighted by atomic mass is 15.1. The second-order valence-corrected chi connectivity index (χ2v) is 4.02. The van der Waals surface area contributed by atoms with Gasteiger partial charge in [-0.2, -0.15) is 0 Å². The van der Waals surface area contributed by atoms with Gasteiger partial charge in [-0.1, -0.05) is 0 Å². The maximum atomic E-state index is 4.42. The predicted molar refractivity (Wildman–Crippen MR) is 57.7 cm³/mol. The Hall–Kier alpha value is -1.42. The molecule has 1 atom stereocenters. The molecule has 2 aromatic heterocycles. The zero-order valence-corrected chi connectivity index (χ0v) is 8.56. The third-order valence-electron chi connectivity index (χ3n) is 2.97. The van der Waals surface area contributed by atoms with Crippen molar-refractivity contribution in [1.29, 1.82) is 0 Å². The molecule has 0 aromatic carbocycles. The molecule has 15 heavy (non-hydrogen) atoms. The number of imidazole rings is 1. The summed E-state index contributed by atoms with van der Waals surface area (Å²) in [6.45, 7) is 1.15. The van der Waals surface area contributed by atoms with Gasteiger partial charge < -0.3 is 5.32 Å². The van der Waals surface area contributed by atoms with E-state index in [-0.39, 0.29) is 0 Å². The first-order chi connectivity index (χ1) is 7.43. The van der Waals surface area contributed by atoms with Crippen molar-refractivity contribution in [3.63, 3.8) is 0 Å². The van der Waals surface area contributed by atoms with Gasteiger partial charge >= 0.3 is 0 Å². The number of rotatable bonds is 2. The first-order valence-corrected chi connectivity index (χ1v) is 5.44. The Morgan fingerprint density at radius 1 is 1.47 bits per heavy atom. The van der Waals surface area contributed by atoms with E-state index in [9.17, 15) is 0 Å². The first kappa shape index (κ1) is 8.85. The van der Waals surface area contributed by atoms with Crippen LogP contribution in [0.2, 0.25) is 0 Å². The molecule has 3 heterocycles. The maximum absolute atomic E-state index is 4.42. The highest BCUT2D eigenvalue weighted by molar-refractivity contribution is 5.36. The third-order valence-corrected chi connectivity index (χ3v) is 2.97. The summed E-state index contributed by atoms with van der Waals surface area (Å²) in [5.74, 6) is 1.11. The quantitative estimate of drug-likeness (QED) is 0.790. The highest BCUT2D eigenvalue weighted by Crippen LogP contribution is 2.12. The van der Waals surface area contributed by atoms with E-state index < -0.39 is 0 Å². The smallest absolute Gasteiger partial charge is 0.156 e. The molecule has 3 rings (SSSR count). The molecule has 1 N–H and O–H groups in total. The SMILES string of the molecule is c1cnc2cnc(CC3CCCN3)n2c1. The van der Waals surface area contributed by atoms with Crippen molar-refractivity contribution in [2.45, 2.75) is 25.3 Å². The third kappa shape index (κ3) is 1.61. The van der Waals surface area contributed by atoms with Crippen LogP contribution >= 0.6 is 0 Å². The summed E-state index contributed by atoms with van der Waals surface area (Å²) in [6, 6.07) is 2.54. The number of aromatic nitrogens is 3. The van der Waals surface area contributed by atoms with Crippen LogP contribution < -0.4 is 5.32 Å². The van der Waals surface area contributed by atoms with Gasteiger partial charge in [0.15, 0.2) is 5.65 Å². The van der Waals surface area contributed by atoms with Crippen molar-refractivity contribution in [3.05, 3.63) is 30.5 Å². The van der Waals surface area contributed by atoms with Gasteiger partial charge in [0.25, 0.3) is 0 Å². The highest BCUT2D eigenvalue weighted by Gasteiger charge is 2.16.